The van der Waals surface area contributed by atoms with Gasteiger partial charge in [0, 0.05) is 13.2 Å². The molecule has 2 aromatic heterocycles. The highest BCUT2D eigenvalue weighted by Gasteiger charge is 2.24. The van der Waals surface area contributed by atoms with Crippen molar-refractivity contribution in [3.8, 4) is 0 Å². The van der Waals surface area contributed by atoms with Crippen LogP contribution in [0, 0.1) is 0 Å². The maximum absolute atomic E-state index is 12.3. The van der Waals surface area contributed by atoms with Crippen molar-refractivity contribution >= 4 is 48.7 Å². The van der Waals surface area contributed by atoms with Crippen LogP contribution >= 0.6 is 27.3 Å². The molecule has 0 aliphatic heterocycles. The minimum absolute atomic E-state index is 0.257. The molecule has 2 N–H and O–H groups in total. The van der Waals surface area contributed by atoms with Gasteiger partial charge in [-0.2, -0.15) is 0 Å². The number of nitrogen functional groups attached to an aromatic ring is 1. The number of sulfonamides is 1. The van der Waals surface area contributed by atoms with Gasteiger partial charge in [0.1, 0.15) is 4.21 Å². The Kier molecular flexibility index (Phi) is 3.60. The molecule has 0 aliphatic carbocycles. The van der Waals surface area contributed by atoms with E-state index in [9.17, 15) is 8.42 Å². The first kappa shape index (κ1) is 13.3. The van der Waals surface area contributed by atoms with E-state index in [4.69, 9.17) is 5.73 Å². The molecule has 18 heavy (non-hydrogen) atoms. The quantitative estimate of drug-likeness (QED) is 0.924. The van der Waals surface area contributed by atoms with Crippen molar-refractivity contribution in [2.75, 3.05) is 17.1 Å². The lowest BCUT2D eigenvalue weighted by atomic mass is 10.3. The average molecular weight is 348 g/mol. The summed E-state index contributed by atoms with van der Waals surface area (Å²) >= 11 is 4.40. The molecule has 0 spiro atoms. The molecule has 0 saturated carbocycles. The summed E-state index contributed by atoms with van der Waals surface area (Å²) in [6.07, 6.45) is 2.92. The molecule has 0 bridgehead atoms. The lowest BCUT2D eigenvalue weighted by Gasteiger charge is -2.19. The van der Waals surface area contributed by atoms with Crippen LogP contribution in [0.4, 0.5) is 11.4 Å². The fraction of sp³-hybridized carbons (Fsp3) is 0.100. The van der Waals surface area contributed by atoms with Gasteiger partial charge in [-0.05, 0) is 34.1 Å². The Balaban J connectivity index is 2.46. The Morgan fingerprint density at radius 3 is 2.67 bits per heavy atom. The molecule has 2 heterocycles. The molecule has 2 aromatic rings. The molecule has 0 saturated heterocycles. The lowest BCUT2D eigenvalue weighted by molar-refractivity contribution is 0.596. The van der Waals surface area contributed by atoms with Crippen molar-refractivity contribution in [2.45, 2.75) is 4.21 Å². The summed E-state index contributed by atoms with van der Waals surface area (Å²) in [5, 5.41) is 0. The molecule has 0 fully saturated rings. The molecule has 8 heteroatoms. The smallest absolute Gasteiger partial charge is 0.273 e. The van der Waals surface area contributed by atoms with Crippen LogP contribution in [0.1, 0.15) is 0 Å². The summed E-state index contributed by atoms with van der Waals surface area (Å²) in [5.41, 5.74) is 6.46. The van der Waals surface area contributed by atoms with Crippen LogP contribution in [-0.2, 0) is 10.0 Å². The third-order valence-electron chi connectivity index (χ3n) is 2.33. The SMILES string of the molecule is CN(c1ccncc1N)S(=O)(=O)c1ccc(Br)s1. The summed E-state index contributed by atoms with van der Waals surface area (Å²) in [5.74, 6) is 0. The van der Waals surface area contributed by atoms with Gasteiger partial charge in [-0.3, -0.25) is 9.29 Å². The number of halogens is 1. The third kappa shape index (κ3) is 2.36. The maximum atomic E-state index is 12.3. The van der Waals surface area contributed by atoms with Crippen molar-refractivity contribution in [2.24, 2.45) is 0 Å². The van der Waals surface area contributed by atoms with Gasteiger partial charge in [-0.1, -0.05) is 0 Å². The van der Waals surface area contributed by atoms with Gasteiger partial charge in [0.2, 0.25) is 0 Å². The molecular weight excluding hydrogens is 338 g/mol. The highest BCUT2D eigenvalue weighted by Crippen LogP contribution is 2.31. The number of aromatic nitrogens is 1. The zero-order valence-electron chi connectivity index (χ0n) is 9.37. The summed E-state index contributed by atoms with van der Waals surface area (Å²) < 4.78 is 26.8. The minimum Gasteiger partial charge on any atom is -0.396 e. The van der Waals surface area contributed by atoms with Crippen molar-refractivity contribution in [3.05, 3.63) is 34.4 Å². The molecule has 0 amide bonds. The van der Waals surface area contributed by atoms with E-state index in [2.05, 4.69) is 20.9 Å². The predicted octanol–water partition coefficient (Wildman–Crippen LogP) is 2.31. The molecule has 2 rings (SSSR count). The predicted molar refractivity (Wildman–Crippen MR) is 76.3 cm³/mol. The zero-order chi connectivity index (χ0) is 13.3. The molecule has 0 radical (unpaired) electrons. The number of rotatable bonds is 3. The fourth-order valence-corrected chi connectivity index (χ4v) is 4.79. The van der Waals surface area contributed by atoms with Crippen molar-refractivity contribution in [1.29, 1.82) is 0 Å². The monoisotopic (exact) mass is 347 g/mol. The van der Waals surface area contributed by atoms with E-state index in [0.717, 1.165) is 19.4 Å². The third-order valence-corrected chi connectivity index (χ3v) is 6.19. The van der Waals surface area contributed by atoms with Crippen LogP contribution in [0.2, 0.25) is 0 Å². The molecule has 0 unspecified atom stereocenters. The van der Waals surface area contributed by atoms with E-state index in [1.807, 2.05) is 0 Å². The minimum atomic E-state index is -3.58. The second-order valence-electron chi connectivity index (χ2n) is 3.47. The zero-order valence-corrected chi connectivity index (χ0v) is 12.6. The Morgan fingerprint density at radius 1 is 1.39 bits per heavy atom. The summed E-state index contributed by atoms with van der Waals surface area (Å²) in [4.78, 5) is 3.83. The standard InChI is InChI=1S/C10H10BrN3O2S2/c1-14(8-4-5-13-6-7(8)12)18(15,16)10-3-2-9(11)17-10/h2-6H,12H2,1H3. The Morgan fingerprint density at radius 2 is 2.11 bits per heavy atom. The summed E-state index contributed by atoms with van der Waals surface area (Å²) in [6, 6.07) is 4.81. The van der Waals surface area contributed by atoms with Gasteiger partial charge in [0.15, 0.2) is 0 Å². The van der Waals surface area contributed by atoms with Gasteiger partial charge >= 0.3 is 0 Å². The van der Waals surface area contributed by atoms with Crippen LogP contribution in [0.3, 0.4) is 0 Å². The van der Waals surface area contributed by atoms with E-state index < -0.39 is 10.0 Å². The normalized spacial score (nSPS) is 11.4. The first-order valence-corrected chi connectivity index (χ1v) is 7.91. The van der Waals surface area contributed by atoms with Gasteiger partial charge < -0.3 is 5.73 Å². The first-order chi connectivity index (χ1) is 8.43. The van der Waals surface area contributed by atoms with E-state index in [1.165, 1.54) is 19.4 Å². The Hall–Kier alpha value is -1.12. The number of nitrogens with zero attached hydrogens (tertiary/aromatic N) is 2. The van der Waals surface area contributed by atoms with Crippen LogP contribution in [0.15, 0.2) is 38.6 Å². The van der Waals surface area contributed by atoms with Gasteiger partial charge in [-0.15, -0.1) is 11.3 Å². The van der Waals surface area contributed by atoms with E-state index in [0.29, 0.717) is 11.4 Å². The second-order valence-corrected chi connectivity index (χ2v) is 8.12. The Bertz CT molecular complexity index is 669. The van der Waals surface area contributed by atoms with E-state index in [1.54, 1.807) is 18.2 Å². The molecule has 96 valence electrons. The maximum Gasteiger partial charge on any atom is 0.273 e. The van der Waals surface area contributed by atoms with E-state index in [-0.39, 0.29) is 4.21 Å². The van der Waals surface area contributed by atoms with Crippen LogP contribution in [-0.4, -0.2) is 20.4 Å². The molecule has 0 atom stereocenters. The molecular formula is C10H10BrN3O2S2. The van der Waals surface area contributed by atoms with Crippen LogP contribution in [0.25, 0.3) is 0 Å². The van der Waals surface area contributed by atoms with Gasteiger partial charge in [-0.25, -0.2) is 8.42 Å². The first-order valence-electron chi connectivity index (χ1n) is 4.86. The summed E-state index contributed by atoms with van der Waals surface area (Å²) in [6.45, 7) is 0. The second kappa shape index (κ2) is 4.87. The van der Waals surface area contributed by atoms with Gasteiger partial charge in [0.05, 0.1) is 21.4 Å². The number of hydrogen-bond acceptors (Lipinski definition) is 5. The molecule has 0 aliphatic rings. The highest BCUT2D eigenvalue weighted by atomic mass is 79.9. The van der Waals surface area contributed by atoms with Crippen LogP contribution < -0.4 is 10.0 Å². The lowest BCUT2D eigenvalue weighted by Crippen LogP contribution is -2.26. The Labute approximate surface area is 117 Å². The topological polar surface area (TPSA) is 76.3 Å². The number of thiophene rings is 1. The van der Waals surface area contributed by atoms with Crippen molar-refractivity contribution in [1.82, 2.24) is 4.98 Å². The van der Waals surface area contributed by atoms with E-state index >= 15 is 0 Å². The number of pyridine rings is 1. The molecule has 5 nitrogen and oxygen atoms in total. The number of anilines is 2. The van der Waals surface area contributed by atoms with Crippen molar-refractivity contribution < 1.29 is 8.42 Å². The van der Waals surface area contributed by atoms with Gasteiger partial charge in [0.25, 0.3) is 10.0 Å². The average Bonchev–Trinajstić information content (AvgIpc) is 2.76. The summed E-state index contributed by atoms with van der Waals surface area (Å²) in [7, 11) is -2.11. The van der Waals surface area contributed by atoms with Crippen molar-refractivity contribution in [3.63, 3.8) is 0 Å². The number of hydrogen-bond donors (Lipinski definition) is 1. The fourth-order valence-electron chi connectivity index (χ4n) is 1.39. The number of nitrogens with two attached hydrogens (primary N) is 1. The molecule has 0 aromatic carbocycles. The highest BCUT2D eigenvalue weighted by molar-refractivity contribution is 9.11. The largest absolute Gasteiger partial charge is 0.396 e. The van der Waals surface area contributed by atoms with Crippen LogP contribution in [0.5, 0.6) is 0 Å².